The topological polar surface area (TPSA) is 58.9 Å². The Labute approximate surface area is 115 Å². The molecule has 0 aromatic heterocycles. The molecule has 0 bridgehead atoms. The quantitative estimate of drug-likeness (QED) is 0.668. The first-order valence-corrected chi connectivity index (χ1v) is 6.51. The van der Waals surface area contributed by atoms with Crippen molar-refractivity contribution in [1.29, 1.82) is 0 Å². The molecule has 0 amide bonds. The normalized spacial score (nSPS) is 12.1. The molecule has 0 radical (unpaired) electrons. The van der Waals surface area contributed by atoms with Crippen LogP contribution in [0, 0.1) is 5.41 Å². The Bertz CT molecular complexity index is 331. The molecule has 4 heteroatoms. The second-order valence-electron chi connectivity index (χ2n) is 4.92. The van der Waals surface area contributed by atoms with Gasteiger partial charge in [-0.1, -0.05) is 30.3 Å². The summed E-state index contributed by atoms with van der Waals surface area (Å²) in [5.41, 5.74) is 0.577. The number of methoxy groups -OCH3 is 2. The zero-order valence-electron chi connectivity index (χ0n) is 11.7. The first kappa shape index (κ1) is 16.1. The zero-order chi connectivity index (χ0) is 14.1. The molecule has 2 N–H and O–H groups in total. The van der Waals surface area contributed by atoms with E-state index < -0.39 is 5.41 Å². The molecule has 0 unspecified atom stereocenters. The molecular formula is C15H24O4. The number of benzene rings is 1. The summed E-state index contributed by atoms with van der Waals surface area (Å²) in [6.45, 7) is -0.114. The van der Waals surface area contributed by atoms with Gasteiger partial charge in [-0.05, 0) is 24.8 Å². The van der Waals surface area contributed by atoms with Crippen LogP contribution in [0.1, 0.15) is 18.4 Å². The van der Waals surface area contributed by atoms with Crippen LogP contribution < -0.4 is 0 Å². The van der Waals surface area contributed by atoms with Gasteiger partial charge in [-0.15, -0.1) is 0 Å². The van der Waals surface area contributed by atoms with E-state index in [1.807, 2.05) is 30.3 Å². The summed E-state index contributed by atoms with van der Waals surface area (Å²) in [5.74, 6) is 0. The van der Waals surface area contributed by atoms with E-state index >= 15 is 0 Å². The lowest BCUT2D eigenvalue weighted by Gasteiger charge is -2.31. The molecule has 0 fully saturated rings. The van der Waals surface area contributed by atoms with Gasteiger partial charge in [0.05, 0.1) is 13.2 Å². The highest BCUT2D eigenvalue weighted by molar-refractivity contribution is 5.16. The molecule has 1 rings (SSSR count). The van der Waals surface area contributed by atoms with Gasteiger partial charge in [0.1, 0.15) is 0 Å². The fourth-order valence-corrected chi connectivity index (χ4v) is 2.19. The molecule has 4 nitrogen and oxygen atoms in total. The van der Waals surface area contributed by atoms with Crippen LogP contribution in [-0.4, -0.2) is 43.9 Å². The van der Waals surface area contributed by atoms with Crippen LogP contribution in [0.25, 0.3) is 0 Å². The van der Waals surface area contributed by atoms with Crippen molar-refractivity contribution < 1.29 is 19.7 Å². The lowest BCUT2D eigenvalue weighted by molar-refractivity contribution is -0.115. The van der Waals surface area contributed by atoms with E-state index in [0.717, 1.165) is 5.56 Å². The summed E-state index contributed by atoms with van der Waals surface area (Å²) >= 11 is 0. The van der Waals surface area contributed by atoms with Gasteiger partial charge in [0.2, 0.25) is 0 Å². The number of aliphatic hydroxyl groups is 2. The zero-order valence-corrected chi connectivity index (χ0v) is 11.7. The van der Waals surface area contributed by atoms with Crippen LogP contribution in [0.4, 0.5) is 0 Å². The van der Waals surface area contributed by atoms with Crippen molar-refractivity contribution in [3.63, 3.8) is 0 Å². The average Bonchev–Trinajstić information content (AvgIpc) is 2.48. The van der Waals surface area contributed by atoms with Gasteiger partial charge in [0, 0.05) is 19.6 Å². The third-order valence-electron chi connectivity index (χ3n) is 3.53. The highest BCUT2D eigenvalue weighted by Gasteiger charge is 2.30. The molecule has 0 heterocycles. The van der Waals surface area contributed by atoms with Crippen LogP contribution in [0.3, 0.4) is 0 Å². The minimum Gasteiger partial charge on any atom is -0.396 e. The molecule has 0 atom stereocenters. The Balaban J connectivity index is 2.68. The smallest absolute Gasteiger partial charge is 0.156 e. The van der Waals surface area contributed by atoms with E-state index in [0.29, 0.717) is 19.3 Å². The summed E-state index contributed by atoms with van der Waals surface area (Å²) < 4.78 is 10.3. The Hall–Kier alpha value is -0.940. The van der Waals surface area contributed by atoms with Gasteiger partial charge >= 0.3 is 0 Å². The van der Waals surface area contributed by atoms with Crippen molar-refractivity contribution in [2.24, 2.45) is 5.41 Å². The standard InChI is InChI=1S/C15H24O4/c1-18-14(19-2)8-9-15(11-16,12-17)10-13-6-4-3-5-7-13/h3-7,14,16-17H,8-12H2,1-2H3. The molecule has 0 saturated carbocycles. The van der Waals surface area contributed by atoms with E-state index in [2.05, 4.69) is 0 Å². The number of rotatable bonds is 9. The SMILES string of the molecule is COC(CCC(CO)(CO)Cc1ccccc1)OC. The fraction of sp³-hybridized carbons (Fsp3) is 0.600. The lowest BCUT2D eigenvalue weighted by Crippen LogP contribution is -2.34. The van der Waals surface area contributed by atoms with Gasteiger partial charge in [-0.3, -0.25) is 0 Å². The predicted octanol–water partition coefficient (Wildman–Crippen LogP) is 1.60. The second-order valence-corrected chi connectivity index (χ2v) is 4.92. The van der Waals surface area contributed by atoms with Crippen LogP contribution in [-0.2, 0) is 15.9 Å². The Morgan fingerprint density at radius 1 is 1.05 bits per heavy atom. The van der Waals surface area contributed by atoms with Crippen LogP contribution in [0.15, 0.2) is 30.3 Å². The Morgan fingerprint density at radius 3 is 2.11 bits per heavy atom. The monoisotopic (exact) mass is 268 g/mol. The summed E-state index contributed by atoms with van der Waals surface area (Å²) in [6.07, 6.45) is 1.62. The molecule has 19 heavy (non-hydrogen) atoms. The molecular weight excluding hydrogens is 244 g/mol. The maximum absolute atomic E-state index is 9.65. The maximum atomic E-state index is 9.65. The van der Waals surface area contributed by atoms with E-state index in [-0.39, 0.29) is 19.5 Å². The predicted molar refractivity (Wildman–Crippen MR) is 73.8 cm³/mol. The van der Waals surface area contributed by atoms with Gasteiger partial charge in [0.25, 0.3) is 0 Å². The van der Waals surface area contributed by atoms with Crippen LogP contribution in [0.2, 0.25) is 0 Å². The van der Waals surface area contributed by atoms with Gasteiger partial charge in [-0.2, -0.15) is 0 Å². The van der Waals surface area contributed by atoms with Gasteiger partial charge in [-0.25, -0.2) is 0 Å². The first-order valence-electron chi connectivity index (χ1n) is 6.51. The van der Waals surface area contributed by atoms with Crippen molar-refractivity contribution in [2.45, 2.75) is 25.6 Å². The van der Waals surface area contributed by atoms with Crippen LogP contribution >= 0.6 is 0 Å². The van der Waals surface area contributed by atoms with Gasteiger partial charge < -0.3 is 19.7 Å². The van der Waals surface area contributed by atoms with E-state index in [1.54, 1.807) is 14.2 Å². The van der Waals surface area contributed by atoms with E-state index in [9.17, 15) is 10.2 Å². The number of ether oxygens (including phenoxy) is 2. The number of hydrogen-bond acceptors (Lipinski definition) is 4. The minimum absolute atomic E-state index is 0.0570. The summed E-state index contributed by atoms with van der Waals surface area (Å²) in [7, 11) is 3.18. The first-order chi connectivity index (χ1) is 9.19. The fourth-order valence-electron chi connectivity index (χ4n) is 2.19. The molecule has 0 aliphatic heterocycles. The molecule has 0 saturated heterocycles. The van der Waals surface area contributed by atoms with Crippen molar-refractivity contribution in [2.75, 3.05) is 27.4 Å². The second kappa shape index (κ2) is 8.27. The van der Waals surface area contributed by atoms with E-state index in [1.165, 1.54) is 0 Å². The number of hydrogen-bond donors (Lipinski definition) is 2. The van der Waals surface area contributed by atoms with E-state index in [4.69, 9.17) is 9.47 Å². The minimum atomic E-state index is -0.531. The van der Waals surface area contributed by atoms with Crippen molar-refractivity contribution in [3.8, 4) is 0 Å². The maximum Gasteiger partial charge on any atom is 0.156 e. The third kappa shape index (κ3) is 4.91. The largest absolute Gasteiger partial charge is 0.396 e. The molecule has 1 aromatic rings. The van der Waals surface area contributed by atoms with Gasteiger partial charge in [0.15, 0.2) is 6.29 Å². The Kier molecular flexibility index (Phi) is 7.02. The van der Waals surface area contributed by atoms with Crippen molar-refractivity contribution >= 4 is 0 Å². The molecule has 0 spiro atoms. The number of aliphatic hydroxyl groups excluding tert-OH is 2. The molecule has 0 aliphatic rings. The Morgan fingerprint density at radius 2 is 1.63 bits per heavy atom. The highest BCUT2D eigenvalue weighted by atomic mass is 16.7. The average molecular weight is 268 g/mol. The molecule has 0 aliphatic carbocycles. The third-order valence-corrected chi connectivity index (χ3v) is 3.53. The summed E-state index contributed by atoms with van der Waals surface area (Å²) in [5, 5.41) is 19.3. The summed E-state index contributed by atoms with van der Waals surface area (Å²) in [4.78, 5) is 0. The van der Waals surface area contributed by atoms with Crippen LogP contribution in [0.5, 0.6) is 0 Å². The van der Waals surface area contributed by atoms with Crippen molar-refractivity contribution in [1.82, 2.24) is 0 Å². The lowest BCUT2D eigenvalue weighted by atomic mass is 9.79. The summed E-state index contributed by atoms with van der Waals surface area (Å²) in [6, 6.07) is 9.88. The molecule has 108 valence electrons. The highest BCUT2D eigenvalue weighted by Crippen LogP contribution is 2.29. The van der Waals surface area contributed by atoms with Crippen molar-refractivity contribution in [3.05, 3.63) is 35.9 Å². The molecule has 1 aromatic carbocycles.